The maximum atomic E-state index is 12.2. The van der Waals surface area contributed by atoms with E-state index in [0.717, 1.165) is 25.7 Å². The number of rotatable bonds is 4. The molecule has 118 valence electrons. The SMILES string of the molecule is NC1(C(=O)Nc2ccc(C(=O)NC3CCCCC3)cc2)CC1. The van der Waals surface area contributed by atoms with Crippen molar-refractivity contribution >= 4 is 17.5 Å². The number of nitrogens with one attached hydrogen (secondary N) is 2. The third kappa shape index (κ3) is 3.47. The van der Waals surface area contributed by atoms with Crippen LogP contribution in [0.4, 0.5) is 5.69 Å². The molecule has 0 saturated heterocycles. The average molecular weight is 301 g/mol. The molecule has 1 aromatic carbocycles. The van der Waals surface area contributed by atoms with Gasteiger partial charge in [-0.05, 0) is 49.9 Å². The van der Waals surface area contributed by atoms with Crippen LogP contribution in [0.15, 0.2) is 24.3 Å². The lowest BCUT2D eigenvalue weighted by Gasteiger charge is -2.22. The second-order valence-electron chi connectivity index (χ2n) is 6.50. The van der Waals surface area contributed by atoms with Gasteiger partial charge in [0, 0.05) is 17.3 Å². The van der Waals surface area contributed by atoms with Gasteiger partial charge in [-0.2, -0.15) is 0 Å². The van der Waals surface area contributed by atoms with E-state index in [1.807, 2.05) is 0 Å². The fourth-order valence-corrected chi connectivity index (χ4v) is 2.84. The first kappa shape index (κ1) is 15.0. The van der Waals surface area contributed by atoms with Gasteiger partial charge >= 0.3 is 0 Å². The Bertz CT molecular complexity index is 558. The molecule has 0 bridgehead atoms. The average Bonchev–Trinajstić information content (AvgIpc) is 3.28. The lowest BCUT2D eigenvalue weighted by atomic mass is 9.95. The van der Waals surface area contributed by atoms with Gasteiger partial charge in [-0.25, -0.2) is 0 Å². The Hall–Kier alpha value is -1.88. The third-order valence-electron chi connectivity index (χ3n) is 4.59. The number of nitrogens with two attached hydrogens (primary N) is 1. The van der Waals surface area contributed by atoms with Crippen LogP contribution in [0.25, 0.3) is 0 Å². The minimum Gasteiger partial charge on any atom is -0.349 e. The number of benzene rings is 1. The van der Waals surface area contributed by atoms with Crippen molar-refractivity contribution in [3.63, 3.8) is 0 Å². The minimum absolute atomic E-state index is 0.0396. The molecule has 22 heavy (non-hydrogen) atoms. The topological polar surface area (TPSA) is 84.2 Å². The monoisotopic (exact) mass is 301 g/mol. The highest BCUT2D eigenvalue weighted by atomic mass is 16.2. The minimum atomic E-state index is -0.684. The van der Waals surface area contributed by atoms with E-state index in [-0.39, 0.29) is 11.8 Å². The first-order chi connectivity index (χ1) is 10.6. The van der Waals surface area contributed by atoms with Crippen molar-refractivity contribution in [2.75, 3.05) is 5.32 Å². The van der Waals surface area contributed by atoms with E-state index in [0.29, 0.717) is 17.3 Å². The van der Waals surface area contributed by atoms with E-state index >= 15 is 0 Å². The van der Waals surface area contributed by atoms with Crippen LogP contribution in [0.5, 0.6) is 0 Å². The van der Waals surface area contributed by atoms with Crippen LogP contribution in [-0.4, -0.2) is 23.4 Å². The molecule has 5 nitrogen and oxygen atoms in total. The number of hydrogen-bond acceptors (Lipinski definition) is 3. The zero-order valence-corrected chi connectivity index (χ0v) is 12.7. The number of carbonyl (C=O) groups excluding carboxylic acids is 2. The molecule has 0 aliphatic heterocycles. The van der Waals surface area contributed by atoms with Crippen molar-refractivity contribution in [1.82, 2.24) is 5.32 Å². The maximum absolute atomic E-state index is 12.2. The van der Waals surface area contributed by atoms with Gasteiger partial charge < -0.3 is 16.4 Å². The molecule has 0 aromatic heterocycles. The molecule has 0 radical (unpaired) electrons. The number of hydrogen-bond donors (Lipinski definition) is 3. The van der Waals surface area contributed by atoms with E-state index in [2.05, 4.69) is 10.6 Å². The quantitative estimate of drug-likeness (QED) is 0.797. The smallest absolute Gasteiger partial charge is 0.251 e. The highest BCUT2D eigenvalue weighted by Crippen LogP contribution is 2.33. The predicted octanol–water partition coefficient (Wildman–Crippen LogP) is 2.18. The number of anilines is 1. The Morgan fingerprint density at radius 3 is 2.27 bits per heavy atom. The zero-order chi connectivity index (χ0) is 15.6. The highest BCUT2D eigenvalue weighted by Gasteiger charge is 2.45. The zero-order valence-electron chi connectivity index (χ0n) is 12.7. The summed E-state index contributed by atoms with van der Waals surface area (Å²) in [4.78, 5) is 24.1. The van der Waals surface area contributed by atoms with E-state index < -0.39 is 5.54 Å². The Morgan fingerprint density at radius 1 is 1.05 bits per heavy atom. The summed E-state index contributed by atoms with van der Waals surface area (Å²) in [6, 6.07) is 7.28. The standard InChI is InChI=1S/C17H23N3O2/c18-17(10-11-17)16(22)20-14-8-6-12(7-9-14)15(21)19-13-4-2-1-3-5-13/h6-9,13H,1-5,10-11,18H2,(H,19,21)(H,20,22). The van der Waals surface area contributed by atoms with Gasteiger partial charge in [0.05, 0.1) is 5.54 Å². The Morgan fingerprint density at radius 2 is 1.68 bits per heavy atom. The van der Waals surface area contributed by atoms with Gasteiger partial charge in [0.15, 0.2) is 0 Å². The molecule has 5 heteroatoms. The summed E-state index contributed by atoms with van der Waals surface area (Å²) in [5.74, 6) is -0.186. The van der Waals surface area contributed by atoms with Crippen LogP contribution in [-0.2, 0) is 4.79 Å². The fraction of sp³-hybridized carbons (Fsp3) is 0.529. The van der Waals surface area contributed by atoms with Crippen molar-refractivity contribution in [3.05, 3.63) is 29.8 Å². The predicted molar refractivity (Wildman–Crippen MR) is 85.6 cm³/mol. The summed E-state index contributed by atoms with van der Waals surface area (Å²) >= 11 is 0. The lowest BCUT2D eigenvalue weighted by Crippen LogP contribution is -2.38. The molecule has 0 heterocycles. The van der Waals surface area contributed by atoms with E-state index in [1.54, 1.807) is 24.3 Å². The lowest BCUT2D eigenvalue weighted by molar-refractivity contribution is -0.118. The molecule has 2 fully saturated rings. The van der Waals surface area contributed by atoms with Crippen LogP contribution in [0.1, 0.15) is 55.3 Å². The Labute approximate surface area is 130 Å². The maximum Gasteiger partial charge on any atom is 0.251 e. The fourth-order valence-electron chi connectivity index (χ4n) is 2.84. The second-order valence-corrected chi connectivity index (χ2v) is 6.50. The van der Waals surface area contributed by atoms with Crippen LogP contribution >= 0.6 is 0 Å². The summed E-state index contributed by atoms with van der Waals surface area (Å²) in [5.41, 5.74) is 6.46. The third-order valence-corrected chi connectivity index (χ3v) is 4.59. The van der Waals surface area contributed by atoms with Crippen LogP contribution in [0.3, 0.4) is 0 Å². The molecule has 4 N–H and O–H groups in total. The molecule has 2 aliphatic carbocycles. The summed E-state index contributed by atoms with van der Waals surface area (Å²) in [6.45, 7) is 0. The van der Waals surface area contributed by atoms with E-state index in [4.69, 9.17) is 5.73 Å². The summed E-state index contributed by atoms with van der Waals surface area (Å²) in [6.07, 6.45) is 7.26. The van der Waals surface area contributed by atoms with E-state index in [9.17, 15) is 9.59 Å². The molecule has 1 aromatic rings. The molecule has 0 spiro atoms. The van der Waals surface area contributed by atoms with Gasteiger partial charge in [-0.15, -0.1) is 0 Å². The van der Waals surface area contributed by atoms with Crippen molar-refractivity contribution in [2.45, 2.75) is 56.5 Å². The normalized spacial score (nSPS) is 20.2. The van der Waals surface area contributed by atoms with Gasteiger partial charge in [0.1, 0.15) is 0 Å². The first-order valence-electron chi connectivity index (χ1n) is 8.08. The molecule has 3 rings (SSSR count). The molecule has 2 saturated carbocycles. The van der Waals surface area contributed by atoms with Crippen LogP contribution < -0.4 is 16.4 Å². The summed E-state index contributed by atoms with van der Waals surface area (Å²) in [7, 11) is 0. The molecule has 0 atom stereocenters. The van der Waals surface area contributed by atoms with Crippen molar-refractivity contribution in [3.8, 4) is 0 Å². The summed E-state index contributed by atoms with van der Waals surface area (Å²) in [5, 5.41) is 5.88. The molecular formula is C17H23N3O2. The highest BCUT2D eigenvalue weighted by molar-refractivity contribution is 6.00. The Kier molecular flexibility index (Phi) is 4.16. The summed E-state index contributed by atoms with van der Waals surface area (Å²) < 4.78 is 0. The first-order valence-corrected chi connectivity index (χ1v) is 8.08. The molecule has 2 amide bonds. The largest absolute Gasteiger partial charge is 0.349 e. The van der Waals surface area contributed by atoms with Gasteiger partial charge in [0.2, 0.25) is 5.91 Å². The van der Waals surface area contributed by atoms with Crippen LogP contribution in [0.2, 0.25) is 0 Å². The van der Waals surface area contributed by atoms with Gasteiger partial charge in [-0.3, -0.25) is 9.59 Å². The molecular weight excluding hydrogens is 278 g/mol. The van der Waals surface area contributed by atoms with Crippen LogP contribution in [0, 0.1) is 0 Å². The van der Waals surface area contributed by atoms with Crippen molar-refractivity contribution < 1.29 is 9.59 Å². The number of amides is 2. The van der Waals surface area contributed by atoms with Crippen molar-refractivity contribution in [2.24, 2.45) is 5.73 Å². The second kappa shape index (κ2) is 6.08. The molecule has 0 unspecified atom stereocenters. The molecule has 2 aliphatic rings. The van der Waals surface area contributed by atoms with Gasteiger partial charge in [-0.1, -0.05) is 19.3 Å². The van der Waals surface area contributed by atoms with Gasteiger partial charge in [0.25, 0.3) is 5.91 Å². The van der Waals surface area contributed by atoms with Crippen molar-refractivity contribution in [1.29, 1.82) is 0 Å². The Balaban J connectivity index is 1.56. The van der Waals surface area contributed by atoms with E-state index in [1.165, 1.54) is 19.3 Å². The number of carbonyl (C=O) groups is 2.